The van der Waals surface area contributed by atoms with Crippen LogP contribution in [-0.2, 0) is 20.1 Å². The fourth-order valence-electron chi connectivity index (χ4n) is 4.07. The molecule has 0 spiro atoms. The van der Waals surface area contributed by atoms with Crippen molar-refractivity contribution in [2.24, 2.45) is 0 Å². The Balaban J connectivity index is 0.00000253. The molecule has 0 saturated heterocycles. The van der Waals surface area contributed by atoms with Gasteiger partial charge < -0.3 is 4.98 Å². The summed E-state index contributed by atoms with van der Waals surface area (Å²) in [5.74, 6) is 0.677. The molecule has 0 atom stereocenters. The van der Waals surface area contributed by atoms with E-state index in [0.717, 1.165) is 50.1 Å². The molecule has 169 valence electrons. The number of aromatic nitrogens is 3. The minimum Gasteiger partial charge on any atom is -0.304 e. The predicted molar refractivity (Wildman–Crippen MR) is 138 cm³/mol. The van der Waals surface area contributed by atoms with Gasteiger partial charge in [-0.05, 0) is 22.5 Å². The molecule has 0 fully saturated rings. The van der Waals surface area contributed by atoms with Crippen molar-refractivity contribution in [1.29, 1.82) is 0 Å². The molecule has 0 amide bonds. The van der Waals surface area contributed by atoms with E-state index in [9.17, 15) is 0 Å². The summed E-state index contributed by atoms with van der Waals surface area (Å²) >= 11 is 0. The summed E-state index contributed by atoms with van der Waals surface area (Å²) < 4.78 is 0. The fourth-order valence-corrected chi connectivity index (χ4v) is 4.07. The van der Waals surface area contributed by atoms with Gasteiger partial charge >= 0.3 is 0 Å². The summed E-state index contributed by atoms with van der Waals surface area (Å²) in [6.45, 7) is 0. The first-order chi connectivity index (χ1) is 16.8. The topological polar surface area (TPSA) is 38.7 Å². The van der Waals surface area contributed by atoms with Crippen LogP contribution < -0.4 is 0 Å². The monoisotopic (exact) mass is 627 g/mol. The first kappa shape index (κ1) is 22.8. The number of rotatable bonds is 4. The fraction of sp³-hybridized carbons (Fsp3) is 0. The van der Waals surface area contributed by atoms with Gasteiger partial charge in [-0.15, -0.1) is 29.8 Å². The van der Waals surface area contributed by atoms with Crippen molar-refractivity contribution in [3.8, 4) is 45.2 Å². The van der Waals surface area contributed by atoms with Gasteiger partial charge in [0.05, 0.1) is 11.4 Å². The van der Waals surface area contributed by atoms with Crippen molar-refractivity contribution < 1.29 is 20.1 Å². The van der Waals surface area contributed by atoms with Crippen LogP contribution in [0.5, 0.6) is 0 Å². The summed E-state index contributed by atoms with van der Waals surface area (Å²) in [4.78, 5) is 14.5. The Bertz CT molecular complexity index is 1540. The summed E-state index contributed by atoms with van der Waals surface area (Å²) in [7, 11) is 0. The third kappa shape index (κ3) is 4.81. The van der Waals surface area contributed by atoms with E-state index in [2.05, 4.69) is 65.6 Å². The van der Waals surface area contributed by atoms with Crippen LogP contribution in [0.2, 0.25) is 0 Å². The Labute approximate surface area is 217 Å². The molecule has 4 heteroatoms. The Morgan fingerprint density at radius 2 is 1.11 bits per heavy atom. The first-order valence-electron chi connectivity index (χ1n) is 11.2. The van der Waals surface area contributed by atoms with E-state index in [0.29, 0.717) is 5.82 Å². The van der Waals surface area contributed by atoms with Gasteiger partial charge in [0.25, 0.3) is 0 Å². The Morgan fingerprint density at radius 3 is 1.77 bits per heavy atom. The molecule has 2 aromatic heterocycles. The summed E-state index contributed by atoms with van der Waals surface area (Å²) in [6.07, 6.45) is 1.91. The zero-order valence-corrected chi connectivity index (χ0v) is 21.1. The third-order valence-electron chi connectivity index (χ3n) is 5.83. The van der Waals surface area contributed by atoms with Gasteiger partial charge in [-0.25, -0.2) is 9.97 Å². The van der Waals surface area contributed by atoms with E-state index in [1.54, 1.807) is 0 Å². The maximum absolute atomic E-state index is 4.94. The zero-order valence-electron chi connectivity index (χ0n) is 18.7. The zero-order chi connectivity index (χ0) is 22.7. The van der Waals surface area contributed by atoms with Crippen LogP contribution in [0.3, 0.4) is 0 Å². The summed E-state index contributed by atoms with van der Waals surface area (Å²) in [5.41, 5.74) is 6.62. The largest absolute Gasteiger partial charge is 0.304 e. The van der Waals surface area contributed by atoms with Gasteiger partial charge in [0.2, 0.25) is 0 Å². The molecule has 1 radical (unpaired) electrons. The number of nitrogens with zero attached hydrogens (tertiary/aromatic N) is 3. The number of fused-ring (bicyclic) bond motifs is 1. The minimum absolute atomic E-state index is 0. The molecule has 0 aliphatic heterocycles. The molecule has 0 saturated carbocycles. The number of hydrogen-bond donors (Lipinski definition) is 0. The quantitative estimate of drug-likeness (QED) is 0.190. The predicted octanol–water partition coefficient (Wildman–Crippen LogP) is 7.49. The van der Waals surface area contributed by atoms with Crippen LogP contribution in [0, 0.1) is 6.07 Å². The molecule has 3 nitrogen and oxygen atoms in total. The smallest absolute Gasteiger partial charge is 0.142 e. The van der Waals surface area contributed by atoms with Crippen LogP contribution in [0.25, 0.3) is 55.9 Å². The molecular formula is C31H20IrN3-. The molecule has 2 heterocycles. The second kappa shape index (κ2) is 10.1. The van der Waals surface area contributed by atoms with E-state index in [4.69, 9.17) is 9.97 Å². The van der Waals surface area contributed by atoms with Crippen molar-refractivity contribution in [1.82, 2.24) is 15.0 Å². The average molecular weight is 627 g/mol. The second-order valence-electron chi connectivity index (χ2n) is 8.10. The molecule has 0 N–H and O–H groups in total. The number of hydrogen-bond acceptors (Lipinski definition) is 3. The minimum atomic E-state index is 0. The first-order valence-corrected chi connectivity index (χ1v) is 11.2. The van der Waals surface area contributed by atoms with E-state index in [-0.39, 0.29) is 20.1 Å². The summed E-state index contributed by atoms with van der Waals surface area (Å²) in [6, 6.07) is 42.1. The van der Waals surface area contributed by atoms with Crippen LogP contribution in [0.1, 0.15) is 0 Å². The normalized spacial score (nSPS) is 10.6. The molecule has 4 aromatic carbocycles. The van der Waals surface area contributed by atoms with E-state index in [1.807, 2.05) is 66.9 Å². The second-order valence-corrected chi connectivity index (χ2v) is 8.10. The van der Waals surface area contributed by atoms with E-state index in [1.165, 1.54) is 0 Å². The molecular weight excluding hydrogens is 607 g/mol. The van der Waals surface area contributed by atoms with Crippen molar-refractivity contribution in [2.75, 3.05) is 0 Å². The maximum atomic E-state index is 4.94. The van der Waals surface area contributed by atoms with Crippen LogP contribution in [0.4, 0.5) is 0 Å². The molecule has 6 rings (SSSR count). The third-order valence-corrected chi connectivity index (χ3v) is 5.83. The number of pyridine rings is 1. The van der Waals surface area contributed by atoms with Gasteiger partial charge in [0.1, 0.15) is 5.82 Å². The van der Waals surface area contributed by atoms with Gasteiger partial charge in [0.15, 0.2) is 0 Å². The molecule has 0 aliphatic carbocycles. The van der Waals surface area contributed by atoms with Crippen molar-refractivity contribution in [3.05, 3.63) is 128 Å². The molecule has 35 heavy (non-hydrogen) atoms. The Kier molecular flexibility index (Phi) is 6.58. The Hall–Kier alpha value is -3.98. The van der Waals surface area contributed by atoms with Crippen molar-refractivity contribution >= 4 is 10.8 Å². The summed E-state index contributed by atoms with van der Waals surface area (Å²) in [5, 5.41) is 2.27. The van der Waals surface area contributed by atoms with E-state index >= 15 is 0 Å². The van der Waals surface area contributed by atoms with Crippen LogP contribution in [0.15, 0.2) is 121 Å². The molecule has 0 unspecified atom stereocenters. The van der Waals surface area contributed by atoms with Gasteiger partial charge in [-0.2, -0.15) is 0 Å². The van der Waals surface area contributed by atoms with Crippen LogP contribution >= 0.6 is 0 Å². The average Bonchev–Trinajstić information content (AvgIpc) is 2.93. The maximum Gasteiger partial charge on any atom is 0.142 e. The molecule has 0 bridgehead atoms. The SMILES string of the molecule is [Ir].[c-]1ccc(-c2nc(-c3ccccc3)cc(-c3ccccc3)n2)cc1-c1cc2ccccc2cn1. The van der Waals surface area contributed by atoms with Gasteiger partial charge in [0, 0.05) is 37.4 Å². The van der Waals surface area contributed by atoms with Crippen molar-refractivity contribution in [2.45, 2.75) is 0 Å². The Morgan fingerprint density at radius 1 is 0.514 bits per heavy atom. The van der Waals surface area contributed by atoms with Gasteiger partial charge in [-0.1, -0.05) is 96.6 Å². The van der Waals surface area contributed by atoms with E-state index < -0.39 is 0 Å². The number of benzene rings is 4. The van der Waals surface area contributed by atoms with Gasteiger partial charge in [-0.3, -0.25) is 0 Å². The molecule has 0 aliphatic rings. The molecule has 6 aromatic rings. The van der Waals surface area contributed by atoms with Crippen molar-refractivity contribution in [3.63, 3.8) is 0 Å². The van der Waals surface area contributed by atoms with Crippen LogP contribution in [-0.4, -0.2) is 15.0 Å². The standard InChI is InChI=1S/C31H20N3.Ir/c1-3-10-22(11-4-1)29-20-30(23-12-5-2-6-13-23)34-31(33-29)26-17-9-16-25(18-26)28-19-24-14-7-8-15-27(24)21-32-28;/h1-15,17-21H;/q-1;.